The average molecular weight is 208 g/mol. The number of hydrogen-bond donors (Lipinski definition) is 0. The number of rotatable bonds is 3. The molecule has 0 aliphatic carbocycles. The van der Waals surface area contributed by atoms with Crippen LogP contribution in [0.15, 0.2) is 24.4 Å². The van der Waals surface area contributed by atoms with Crippen LogP contribution in [0.3, 0.4) is 0 Å². The average Bonchev–Trinajstić information content (AvgIpc) is 2.26. The largest absolute Gasteiger partial charge is 0.466 e. The van der Waals surface area contributed by atoms with Gasteiger partial charge in [0.25, 0.3) is 5.69 Å². The first-order chi connectivity index (χ1) is 7.13. The molecule has 6 heteroatoms. The Balaban J connectivity index is 2.87. The summed E-state index contributed by atoms with van der Waals surface area (Å²) in [5.41, 5.74) is 0.254. The summed E-state index contributed by atoms with van der Waals surface area (Å²) in [6.45, 7) is 0. The molecule has 6 nitrogen and oxygen atoms in total. The summed E-state index contributed by atoms with van der Waals surface area (Å²) in [5, 5.41) is 10.4. The SMILES string of the molecule is COC(=O)/C=C/c1cc([N+](=O)[O-])ccn1. The van der Waals surface area contributed by atoms with E-state index < -0.39 is 10.9 Å². The van der Waals surface area contributed by atoms with Crippen molar-refractivity contribution in [3.8, 4) is 0 Å². The van der Waals surface area contributed by atoms with Gasteiger partial charge in [-0.15, -0.1) is 0 Å². The monoisotopic (exact) mass is 208 g/mol. The molecule has 1 rings (SSSR count). The van der Waals surface area contributed by atoms with E-state index in [-0.39, 0.29) is 5.69 Å². The Morgan fingerprint density at radius 1 is 1.67 bits per heavy atom. The zero-order chi connectivity index (χ0) is 11.3. The highest BCUT2D eigenvalue weighted by molar-refractivity contribution is 5.86. The van der Waals surface area contributed by atoms with E-state index in [1.807, 2.05) is 0 Å². The van der Waals surface area contributed by atoms with Crippen LogP contribution >= 0.6 is 0 Å². The van der Waals surface area contributed by atoms with Gasteiger partial charge >= 0.3 is 5.97 Å². The molecular formula is C9H8N2O4. The van der Waals surface area contributed by atoms with E-state index in [1.54, 1.807) is 0 Å². The van der Waals surface area contributed by atoms with Gasteiger partial charge in [-0.3, -0.25) is 15.1 Å². The first kappa shape index (κ1) is 10.8. The fourth-order valence-electron chi connectivity index (χ4n) is 0.863. The smallest absolute Gasteiger partial charge is 0.330 e. The zero-order valence-corrected chi connectivity index (χ0v) is 7.91. The van der Waals surface area contributed by atoms with E-state index in [9.17, 15) is 14.9 Å². The molecule has 1 aromatic heterocycles. The standard InChI is InChI=1S/C9H8N2O4/c1-15-9(12)3-2-7-6-8(11(13)14)4-5-10-7/h2-6H,1H3/b3-2+. The summed E-state index contributed by atoms with van der Waals surface area (Å²) in [4.78, 5) is 24.4. The maximum Gasteiger partial charge on any atom is 0.330 e. The second-order valence-corrected chi connectivity index (χ2v) is 2.55. The third-order valence-corrected chi connectivity index (χ3v) is 1.57. The molecule has 78 valence electrons. The molecule has 1 aromatic rings. The molecule has 0 bridgehead atoms. The van der Waals surface area contributed by atoms with E-state index >= 15 is 0 Å². The van der Waals surface area contributed by atoms with Crippen molar-refractivity contribution in [2.24, 2.45) is 0 Å². The fraction of sp³-hybridized carbons (Fsp3) is 0.111. The van der Waals surface area contributed by atoms with Gasteiger partial charge < -0.3 is 4.74 Å². The predicted octanol–water partition coefficient (Wildman–Crippen LogP) is 1.18. The Morgan fingerprint density at radius 2 is 2.40 bits per heavy atom. The summed E-state index contributed by atoms with van der Waals surface area (Å²) in [5.74, 6) is -0.539. The zero-order valence-electron chi connectivity index (χ0n) is 7.91. The molecule has 0 amide bonds. The van der Waals surface area contributed by atoms with Crippen molar-refractivity contribution >= 4 is 17.7 Å². The highest BCUT2D eigenvalue weighted by atomic mass is 16.6. The van der Waals surface area contributed by atoms with E-state index in [0.29, 0.717) is 5.69 Å². The van der Waals surface area contributed by atoms with Crippen LogP contribution in [0.2, 0.25) is 0 Å². The molecule has 0 saturated heterocycles. The van der Waals surface area contributed by atoms with Gasteiger partial charge in [-0.25, -0.2) is 4.79 Å². The number of ether oxygens (including phenoxy) is 1. The summed E-state index contributed by atoms with van der Waals surface area (Å²) >= 11 is 0. The second kappa shape index (κ2) is 4.85. The van der Waals surface area contributed by atoms with Crippen LogP contribution in [0.5, 0.6) is 0 Å². The van der Waals surface area contributed by atoms with Gasteiger partial charge in [0.15, 0.2) is 0 Å². The first-order valence-corrected chi connectivity index (χ1v) is 4.00. The van der Waals surface area contributed by atoms with Crippen LogP contribution in [-0.4, -0.2) is 23.0 Å². The molecule has 0 fully saturated rings. The maximum atomic E-state index is 10.7. The Hall–Kier alpha value is -2.24. The number of aromatic nitrogens is 1. The molecule has 0 radical (unpaired) electrons. The lowest BCUT2D eigenvalue weighted by Crippen LogP contribution is -1.94. The van der Waals surface area contributed by atoms with Crippen molar-refractivity contribution in [2.75, 3.05) is 7.11 Å². The molecule has 0 unspecified atom stereocenters. The summed E-state index contributed by atoms with van der Waals surface area (Å²) < 4.78 is 4.36. The third-order valence-electron chi connectivity index (χ3n) is 1.57. The minimum Gasteiger partial charge on any atom is -0.466 e. The van der Waals surface area contributed by atoms with Gasteiger partial charge in [-0.1, -0.05) is 0 Å². The topological polar surface area (TPSA) is 82.3 Å². The van der Waals surface area contributed by atoms with Crippen LogP contribution < -0.4 is 0 Å². The lowest BCUT2D eigenvalue weighted by Gasteiger charge is -1.93. The lowest BCUT2D eigenvalue weighted by molar-refractivity contribution is -0.384. The number of pyridine rings is 1. The molecule has 0 aliphatic heterocycles. The molecule has 15 heavy (non-hydrogen) atoms. The van der Waals surface area contributed by atoms with Gasteiger partial charge in [0.05, 0.1) is 17.7 Å². The third kappa shape index (κ3) is 3.18. The number of nitro groups is 1. The number of carbonyl (C=O) groups excluding carboxylic acids is 1. The van der Waals surface area contributed by atoms with Gasteiger partial charge in [0.2, 0.25) is 0 Å². The van der Waals surface area contributed by atoms with E-state index in [4.69, 9.17) is 0 Å². The van der Waals surface area contributed by atoms with Crippen LogP contribution in [-0.2, 0) is 9.53 Å². The molecule has 0 atom stereocenters. The second-order valence-electron chi connectivity index (χ2n) is 2.55. The van der Waals surface area contributed by atoms with Crippen LogP contribution in [0, 0.1) is 10.1 Å². The fourth-order valence-corrected chi connectivity index (χ4v) is 0.863. The number of carbonyl (C=O) groups is 1. The Bertz CT molecular complexity index is 414. The van der Waals surface area contributed by atoms with Crippen molar-refractivity contribution in [1.29, 1.82) is 0 Å². The Morgan fingerprint density at radius 3 is 3.00 bits per heavy atom. The van der Waals surface area contributed by atoms with E-state index in [1.165, 1.54) is 31.5 Å². The first-order valence-electron chi connectivity index (χ1n) is 4.00. The maximum absolute atomic E-state index is 10.7. The minimum atomic E-state index is -0.539. The van der Waals surface area contributed by atoms with Crippen molar-refractivity contribution in [3.05, 3.63) is 40.2 Å². The van der Waals surface area contributed by atoms with Crippen molar-refractivity contribution in [3.63, 3.8) is 0 Å². The molecule has 0 spiro atoms. The predicted molar refractivity (Wildman–Crippen MR) is 51.9 cm³/mol. The van der Waals surface area contributed by atoms with E-state index in [2.05, 4.69) is 9.72 Å². The highest BCUT2D eigenvalue weighted by Crippen LogP contribution is 2.11. The quantitative estimate of drug-likeness (QED) is 0.322. The van der Waals surface area contributed by atoms with Crippen LogP contribution in [0.1, 0.15) is 5.69 Å². The van der Waals surface area contributed by atoms with Gasteiger partial charge in [-0.2, -0.15) is 0 Å². The summed E-state index contributed by atoms with van der Waals surface area (Å²) in [6.07, 6.45) is 3.79. The molecule has 0 saturated carbocycles. The Kier molecular flexibility index (Phi) is 3.50. The van der Waals surface area contributed by atoms with Crippen LogP contribution in [0.25, 0.3) is 6.08 Å². The van der Waals surface area contributed by atoms with Crippen LogP contribution in [0.4, 0.5) is 5.69 Å². The Labute approximate surface area is 85.3 Å². The number of esters is 1. The number of hydrogen-bond acceptors (Lipinski definition) is 5. The van der Waals surface area contributed by atoms with Crippen molar-refractivity contribution < 1.29 is 14.5 Å². The van der Waals surface area contributed by atoms with Gasteiger partial charge in [0, 0.05) is 24.4 Å². The summed E-state index contributed by atoms with van der Waals surface area (Å²) in [7, 11) is 1.24. The molecule has 0 aromatic carbocycles. The van der Waals surface area contributed by atoms with Crippen molar-refractivity contribution in [2.45, 2.75) is 0 Å². The van der Waals surface area contributed by atoms with E-state index in [0.717, 1.165) is 6.08 Å². The molecular weight excluding hydrogens is 200 g/mol. The molecule has 1 heterocycles. The minimum absolute atomic E-state index is 0.0745. The normalized spacial score (nSPS) is 10.2. The highest BCUT2D eigenvalue weighted by Gasteiger charge is 2.04. The van der Waals surface area contributed by atoms with Crippen molar-refractivity contribution in [1.82, 2.24) is 4.98 Å². The molecule has 0 aliphatic rings. The molecule has 0 N–H and O–H groups in total. The lowest BCUT2D eigenvalue weighted by atomic mass is 10.3. The van der Waals surface area contributed by atoms with Gasteiger partial charge in [0.1, 0.15) is 0 Å². The number of methoxy groups -OCH3 is 1. The van der Waals surface area contributed by atoms with Gasteiger partial charge in [-0.05, 0) is 6.08 Å². The number of nitrogens with zero attached hydrogens (tertiary/aromatic N) is 2. The summed E-state index contributed by atoms with van der Waals surface area (Å²) in [6, 6.07) is 2.54.